The Balaban J connectivity index is 1.87. The molecule has 0 unspecified atom stereocenters. The monoisotopic (exact) mass is 233 g/mol. The third kappa shape index (κ3) is 4.04. The molecule has 0 heterocycles. The van der Waals surface area contributed by atoms with E-state index in [0.717, 1.165) is 31.4 Å². The van der Waals surface area contributed by atoms with Crippen molar-refractivity contribution in [3.05, 3.63) is 30.3 Å². The maximum absolute atomic E-state index is 10.6. The fourth-order valence-electron chi connectivity index (χ4n) is 2.56. The highest BCUT2D eigenvalue weighted by molar-refractivity contribution is 5.42. The van der Waals surface area contributed by atoms with Crippen LogP contribution in [0.15, 0.2) is 30.3 Å². The van der Waals surface area contributed by atoms with Gasteiger partial charge in [-0.15, -0.1) is 0 Å². The van der Waals surface area contributed by atoms with Gasteiger partial charge in [0.25, 0.3) is 0 Å². The van der Waals surface area contributed by atoms with Crippen LogP contribution in [0.2, 0.25) is 0 Å². The normalized spacial score (nSPS) is 20.3. The lowest BCUT2D eigenvalue weighted by molar-refractivity contribution is 0.0268. The van der Waals surface area contributed by atoms with Crippen molar-refractivity contribution in [1.82, 2.24) is 0 Å². The molecule has 0 aliphatic heterocycles. The predicted molar refractivity (Wildman–Crippen MR) is 72.2 cm³/mol. The van der Waals surface area contributed by atoms with Gasteiger partial charge in [0.1, 0.15) is 0 Å². The van der Waals surface area contributed by atoms with Gasteiger partial charge in [-0.05, 0) is 25.0 Å². The van der Waals surface area contributed by atoms with E-state index in [4.69, 9.17) is 0 Å². The van der Waals surface area contributed by atoms with Gasteiger partial charge in [0.2, 0.25) is 0 Å². The summed E-state index contributed by atoms with van der Waals surface area (Å²) in [5.41, 5.74) is 0.596. The van der Waals surface area contributed by atoms with E-state index in [1.807, 2.05) is 30.3 Å². The molecule has 0 amide bonds. The summed E-state index contributed by atoms with van der Waals surface area (Å²) < 4.78 is 0. The molecular weight excluding hydrogens is 210 g/mol. The zero-order valence-electron chi connectivity index (χ0n) is 10.5. The number of benzene rings is 1. The molecule has 2 nitrogen and oxygen atoms in total. The van der Waals surface area contributed by atoms with Gasteiger partial charge in [-0.25, -0.2) is 0 Å². The topological polar surface area (TPSA) is 32.3 Å². The van der Waals surface area contributed by atoms with Crippen molar-refractivity contribution in [3.63, 3.8) is 0 Å². The van der Waals surface area contributed by atoms with Crippen LogP contribution in [0.3, 0.4) is 0 Å². The number of anilines is 1. The number of hydrogen-bond donors (Lipinski definition) is 2. The average Bonchev–Trinajstić information content (AvgIpc) is 2.34. The summed E-state index contributed by atoms with van der Waals surface area (Å²) in [5, 5.41) is 13.9. The van der Waals surface area contributed by atoms with Crippen molar-refractivity contribution >= 4 is 5.69 Å². The van der Waals surface area contributed by atoms with Gasteiger partial charge in [0.05, 0.1) is 5.60 Å². The van der Waals surface area contributed by atoms with Gasteiger partial charge < -0.3 is 10.4 Å². The van der Waals surface area contributed by atoms with Gasteiger partial charge in [-0.2, -0.15) is 0 Å². The Bertz CT molecular complexity index is 315. The van der Waals surface area contributed by atoms with Gasteiger partial charge in [0.15, 0.2) is 0 Å². The summed E-state index contributed by atoms with van der Waals surface area (Å²) in [4.78, 5) is 0. The minimum atomic E-state index is -0.504. The van der Waals surface area contributed by atoms with E-state index < -0.39 is 5.60 Å². The highest BCUT2D eigenvalue weighted by atomic mass is 16.3. The fraction of sp³-hybridized carbons (Fsp3) is 0.600. The molecule has 0 saturated heterocycles. The van der Waals surface area contributed by atoms with Crippen LogP contribution in [0.1, 0.15) is 44.9 Å². The molecule has 0 bridgehead atoms. The quantitative estimate of drug-likeness (QED) is 0.836. The Morgan fingerprint density at radius 3 is 2.18 bits per heavy atom. The van der Waals surface area contributed by atoms with Crippen LogP contribution < -0.4 is 5.32 Å². The third-order valence-electron chi connectivity index (χ3n) is 3.68. The van der Waals surface area contributed by atoms with Crippen molar-refractivity contribution in [1.29, 1.82) is 0 Å². The standard InChI is InChI=1S/C15H23NO/c17-15(11-7-2-1-3-8-12-15)13-16-14-9-5-4-6-10-14/h4-6,9-10,16-17H,1-3,7-8,11-13H2. The first-order valence-electron chi connectivity index (χ1n) is 6.80. The maximum Gasteiger partial charge on any atom is 0.0819 e. The third-order valence-corrected chi connectivity index (χ3v) is 3.68. The van der Waals surface area contributed by atoms with E-state index in [0.29, 0.717) is 6.54 Å². The van der Waals surface area contributed by atoms with Crippen LogP contribution in [0.5, 0.6) is 0 Å². The first-order chi connectivity index (χ1) is 8.29. The number of rotatable bonds is 3. The summed E-state index contributed by atoms with van der Waals surface area (Å²) in [7, 11) is 0. The van der Waals surface area contributed by atoms with Crippen LogP contribution in [0.4, 0.5) is 5.69 Å². The zero-order valence-corrected chi connectivity index (χ0v) is 10.5. The lowest BCUT2D eigenvalue weighted by atomic mass is 9.87. The second-order valence-corrected chi connectivity index (χ2v) is 5.21. The molecule has 2 rings (SSSR count). The lowest BCUT2D eigenvalue weighted by Gasteiger charge is -2.30. The summed E-state index contributed by atoms with van der Waals surface area (Å²) in [6.07, 6.45) is 8.07. The number of hydrogen-bond acceptors (Lipinski definition) is 2. The summed E-state index contributed by atoms with van der Waals surface area (Å²) in [6.45, 7) is 0.678. The van der Waals surface area contributed by atoms with Crippen molar-refractivity contribution in [2.24, 2.45) is 0 Å². The molecule has 0 radical (unpaired) electrons. The van der Waals surface area contributed by atoms with Crippen LogP contribution in [-0.2, 0) is 0 Å². The molecule has 94 valence electrons. The minimum Gasteiger partial charge on any atom is -0.388 e. The molecule has 2 heteroatoms. The molecule has 0 aromatic heterocycles. The van der Waals surface area contributed by atoms with Crippen LogP contribution in [0, 0.1) is 0 Å². The average molecular weight is 233 g/mol. The highest BCUT2D eigenvalue weighted by Gasteiger charge is 2.26. The molecular formula is C15H23NO. The van der Waals surface area contributed by atoms with Crippen molar-refractivity contribution in [3.8, 4) is 0 Å². The zero-order chi connectivity index (χ0) is 12.0. The molecule has 1 aliphatic rings. The number of nitrogens with one attached hydrogen (secondary N) is 1. The van der Waals surface area contributed by atoms with E-state index >= 15 is 0 Å². The van der Waals surface area contributed by atoms with Gasteiger partial charge >= 0.3 is 0 Å². The second kappa shape index (κ2) is 6.06. The lowest BCUT2D eigenvalue weighted by Crippen LogP contribution is -2.37. The second-order valence-electron chi connectivity index (χ2n) is 5.21. The van der Waals surface area contributed by atoms with Gasteiger partial charge in [-0.3, -0.25) is 0 Å². The van der Waals surface area contributed by atoms with E-state index in [-0.39, 0.29) is 0 Å². The summed E-state index contributed by atoms with van der Waals surface area (Å²) in [5.74, 6) is 0. The first kappa shape index (κ1) is 12.4. The Kier molecular flexibility index (Phi) is 4.43. The van der Waals surface area contributed by atoms with E-state index in [9.17, 15) is 5.11 Å². The Morgan fingerprint density at radius 2 is 1.53 bits per heavy atom. The molecule has 1 aliphatic carbocycles. The molecule has 1 aromatic carbocycles. The molecule has 0 atom stereocenters. The summed E-state index contributed by atoms with van der Waals surface area (Å²) in [6, 6.07) is 10.1. The van der Waals surface area contributed by atoms with Crippen LogP contribution >= 0.6 is 0 Å². The molecule has 1 aromatic rings. The molecule has 17 heavy (non-hydrogen) atoms. The van der Waals surface area contributed by atoms with Crippen molar-refractivity contribution < 1.29 is 5.11 Å². The maximum atomic E-state index is 10.6. The Labute approximate surface area is 104 Å². The van der Waals surface area contributed by atoms with Gasteiger partial charge in [0, 0.05) is 12.2 Å². The smallest absolute Gasteiger partial charge is 0.0819 e. The fourth-order valence-corrected chi connectivity index (χ4v) is 2.56. The number of aliphatic hydroxyl groups is 1. The Hall–Kier alpha value is -1.02. The van der Waals surface area contributed by atoms with Crippen LogP contribution in [-0.4, -0.2) is 17.3 Å². The number of para-hydroxylation sites is 1. The van der Waals surface area contributed by atoms with Crippen LogP contribution in [0.25, 0.3) is 0 Å². The van der Waals surface area contributed by atoms with Gasteiger partial charge in [-0.1, -0.05) is 50.3 Å². The molecule has 1 saturated carbocycles. The predicted octanol–water partition coefficient (Wildman–Crippen LogP) is 3.57. The minimum absolute atomic E-state index is 0.504. The Morgan fingerprint density at radius 1 is 0.941 bits per heavy atom. The SMILES string of the molecule is OC1(CNc2ccccc2)CCCCCCC1. The van der Waals surface area contributed by atoms with E-state index in [2.05, 4.69) is 5.32 Å². The molecule has 1 fully saturated rings. The summed E-state index contributed by atoms with van der Waals surface area (Å²) >= 11 is 0. The van der Waals surface area contributed by atoms with E-state index in [1.165, 1.54) is 19.3 Å². The van der Waals surface area contributed by atoms with Crippen molar-refractivity contribution in [2.75, 3.05) is 11.9 Å². The molecule has 0 spiro atoms. The van der Waals surface area contributed by atoms with Crippen molar-refractivity contribution in [2.45, 2.75) is 50.5 Å². The molecule has 2 N–H and O–H groups in total. The largest absolute Gasteiger partial charge is 0.388 e. The first-order valence-corrected chi connectivity index (χ1v) is 6.80. The van der Waals surface area contributed by atoms with E-state index in [1.54, 1.807) is 0 Å². The highest BCUT2D eigenvalue weighted by Crippen LogP contribution is 2.26.